The zero-order chi connectivity index (χ0) is 22.3. The number of ether oxygens (including phenoxy) is 2. The van der Waals surface area contributed by atoms with Crippen LogP contribution in [-0.2, 0) is 11.3 Å². The van der Waals surface area contributed by atoms with Gasteiger partial charge in [-0.25, -0.2) is 4.39 Å². The van der Waals surface area contributed by atoms with Crippen LogP contribution in [0.4, 0.5) is 4.39 Å². The minimum absolute atomic E-state index is 0.231. The highest BCUT2D eigenvalue weighted by molar-refractivity contribution is 5.87. The van der Waals surface area contributed by atoms with Crippen molar-refractivity contribution < 1.29 is 34.3 Å². The normalized spacial score (nSPS) is 26.4. The lowest BCUT2D eigenvalue weighted by Gasteiger charge is -2.40. The fourth-order valence-electron chi connectivity index (χ4n) is 4.25. The second-order valence-corrected chi connectivity index (χ2v) is 7.89. The van der Waals surface area contributed by atoms with E-state index in [2.05, 4.69) is 0 Å². The van der Waals surface area contributed by atoms with Gasteiger partial charge in [-0.15, -0.1) is 0 Å². The number of fused-ring (bicyclic) bond motifs is 1. The highest BCUT2D eigenvalue weighted by atomic mass is 19.1. The molecule has 0 aliphatic carbocycles. The van der Waals surface area contributed by atoms with Gasteiger partial charge in [0.05, 0.1) is 25.8 Å². The summed E-state index contributed by atoms with van der Waals surface area (Å²) in [5.41, 5.74) is 2.83. The Kier molecular flexibility index (Phi) is 6.00. The highest BCUT2D eigenvalue weighted by Crippen LogP contribution is 2.38. The first kappa shape index (κ1) is 21.7. The van der Waals surface area contributed by atoms with E-state index < -0.39 is 42.9 Å². The molecule has 2 heterocycles. The first-order chi connectivity index (χ1) is 14.8. The molecule has 4 rings (SSSR count). The second-order valence-electron chi connectivity index (χ2n) is 7.89. The average Bonchev–Trinajstić information content (AvgIpc) is 3.13. The molecule has 1 fully saturated rings. The summed E-state index contributed by atoms with van der Waals surface area (Å²) in [5, 5.41) is 41.2. The van der Waals surface area contributed by atoms with E-state index in [9.17, 15) is 24.8 Å². The molecule has 1 saturated heterocycles. The maximum Gasteiger partial charge on any atom is 0.131 e. The molecule has 31 heavy (non-hydrogen) atoms. The van der Waals surface area contributed by atoms with E-state index in [0.29, 0.717) is 16.9 Å². The van der Waals surface area contributed by atoms with E-state index in [-0.39, 0.29) is 6.54 Å². The van der Waals surface area contributed by atoms with Crippen LogP contribution < -0.4 is 4.74 Å². The molecule has 1 aliphatic rings. The smallest absolute Gasteiger partial charge is 0.131 e. The molecular formula is C23H26FNO6. The van der Waals surface area contributed by atoms with Gasteiger partial charge in [0.15, 0.2) is 0 Å². The molecule has 0 amide bonds. The molecule has 7 nitrogen and oxygen atoms in total. The van der Waals surface area contributed by atoms with Crippen molar-refractivity contribution >= 4 is 10.9 Å². The summed E-state index contributed by atoms with van der Waals surface area (Å²) in [6.07, 6.45) is -4.52. The fourth-order valence-corrected chi connectivity index (χ4v) is 4.25. The number of para-hydroxylation sites is 1. The standard InChI is InChI=1S/C23H26FNO6/c1-12-4-3-5-15-16(23-22(29)21(28)20(27)18(11-26)31-23)10-25(19(12)15)9-13-6-7-14(30-2)8-17(13)24/h3-8,10,18,20-23,26-29H,9,11H2,1-2H3/t18-,20-,21+,22-,23+/m1/s1. The number of aliphatic hydroxyl groups excluding tert-OH is 4. The van der Waals surface area contributed by atoms with Crippen molar-refractivity contribution in [2.75, 3.05) is 13.7 Å². The third-order valence-corrected chi connectivity index (χ3v) is 5.93. The minimum atomic E-state index is -1.47. The lowest BCUT2D eigenvalue weighted by molar-refractivity contribution is -0.231. The molecule has 3 aromatic rings. The fraction of sp³-hybridized carbons (Fsp3) is 0.391. The zero-order valence-electron chi connectivity index (χ0n) is 17.3. The Morgan fingerprint density at radius 1 is 1.10 bits per heavy atom. The van der Waals surface area contributed by atoms with E-state index in [0.717, 1.165) is 16.5 Å². The SMILES string of the molecule is COc1ccc(Cn2cc([C@@H]3O[C@H](CO)[C@@H](O)[C@H](O)[C@H]3O)c3cccc(C)c32)c(F)c1. The maximum atomic E-state index is 14.6. The third kappa shape index (κ3) is 3.81. The van der Waals surface area contributed by atoms with Gasteiger partial charge in [0.25, 0.3) is 0 Å². The number of benzene rings is 2. The van der Waals surface area contributed by atoms with Crippen molar-refractivity contribution in [1.82, 2.24) is 4.57 Å². The lowest BCUT2D eigenvalue weighted by atomic mass is 9.91. The van der Waals surface area contributed by atoms with Crippen LogP contribution in [0.5, 0.6) is 5.75 Å². The van der Waals surface area contributed by atoms with Gasteiger partial charge in [0, 0.05) is 28.8 Å². The van der Waals surface area contributed by atoms with Crippen molar-refractivity contribution in [3.8, 4) is 5.75 Å². The number of rotatable bonds is 5. The highest BCUT2D eigenvalue weighted by Gasteiger charge is 2.44. The minimum Gasteiger partial charge on any atom is -0.497 e. The molecule has 166 valence electrons. The zero-order valence-corrected chi connectivity index (χ0v) is 17.3. The molecule has 0 spiro atoms. The van der Waals surface area contributed by atoms with Crippen LogP contribution in [0.3, 0.4) is 0 Å². The molecule has 0 radical (unpaired) electrons. The van der Waals surface area contributed by atoms with Gasteiger partial charge >= 0.3 is 0 Å². The topological polar surface area (TPSA) is 104 Å². The summed E-state index contributed by atoms with van der Waals surface area (Å²) in [6.45, 7) is 1.66. The van der Waals surface area contributed by atoms with Crippen LogP contribution in [0, 0.1) is 12.7 Å². The first-order valence-electron chi connectivity index (χ1n) is 10.1. The van der Waals surface area contributed by atoms with Crippen LogP contribution >= 0.6 is 0 Å². The summed E-state index contributed by atoms with van der Waals surface area (Å²) in [6, 6.07) is 10.3. The molecule has 1 aliphatic heterocycles. The van der Waals surface area contributed by atoms with Gasteiger partial charge in [0.1, 0.15) is 42.1 Å². The maximum absolute atomic E-state index is 14.6. The summed E-state index contributed by atoms with van der Waals surface area (Å²) in [7, 11) is 1.48. The predicted octanol–water partition coefficient (Wildman–Crippen LogP) is 1.66. The van der Waals surface area contributed by atoms with E-state index in [4.69, 9.17) is 9.47 Å². The molecule has 0 saturated carbocycles. The number of methoxy groups -OCH3 is 1. The summed E-state index contributed by atoms with van der Waals surface area (Å²) in [4.78, 5) is 0. The predicted molar refractivity (Wildman–Crippen MR) is 111 cm³/mol. The molecule has 8 heteroatoms. The number of aliphatic hydroxyl groups is 4. The van der Waals surface area contributed by atoms with Gasteiger partial charge in [-0.3, -0.25) is 0 Å². The van der Waals surface area contributed by atoms with Crippen LogP contribution in [0.25, 0.3) is 10.9 Å². The number of halogens is 1. The van der Waals surface area contributed by atoms with E-state index in [1.807, 2.05) is 29.7 Å². The second kappa shape index (κ2) is 8.57. The van der Waals surface area contributed by atoms with Crippen molar-refractivity contribution in [2.45, 2.75) is 44.0 Å². The van der Waals surface area contributed by atoms with Crippen LogP contribution in [0.2, 0.25) is 0 Å². The monoisotopic (exact) mass is 431 g/mol. The lowest BCUT2D eigenvalue weighted by Crippen LogP contribution is -2.55. The number of aromatic nitrogens is 1. The average molecular weight is 431 g/mol. The molecule has 0 bridgehead atoms. The van der Waals surface area contributed by atoms with Crippen LogP contribution in [0.15, 0.2) is 42.6 Å². The summed E-state index contributed by atoms with van der Waals surface area (Å²) < 4.78 is 27.3. The number of hydrogen-bond donors (Lipinski definition) is 4. The van der Waals surface area contributed by atoms with Crippen molar-refractivity contribution in [3.63, 3.8) is 0 Å². The van der Waals surface area contributed by atoms with Crippen molar-refractivity contribution in [3.05, 3.63) is 65.1 Å². The van der Waals surface area contributed by atoms with Crippen LogP contribution in [0.1, 0.15) is 22.8 Å². The Morgan fingerprint density at radius 3 is 2.55 bits per heavy atom. The number of hydrogen-bond acceptors (Lipinski definition) is 6. The summed E-state index contributed by atoms with van der Waals surface area (Å²) >= 11 is 0. The van der Waals surface area contributed by atoms with E-state index in [1.165, 1.54) is 13.2 Å². The van der Waals surface area contributed by atoms with Gasteiger partial charge in [-0.05, 0) is 18.6 Å². The molecule has 5 atom stereocenters. The Labute approximate surface area is 178 Å². The Bertz CT molecular complexity index is 1080. The van der Waals surface area contributed by atoms with Crippen molar-refractivity contribution in [2.24, 2.45) is 0 Å². The first-order valence-corrected chi connectivity index (χ1v) is 10.1. The number of nitrogens with zero attached hydrogens (tertiary/aromatic N) is 1. The molecule has 4 N–H and O–H groups in total. The van der Waals surface area contributed by atoms with Gasteiger partial charge in [-0.1, -0.05) is 24.3 Å². The number of aryl methyl sites for hydroxylation is 1. The quantitative estimate of drug-likeness (QED) is 0.490. The van der Waals surface area contributed by atoms with Crippen LogP contribution in [-0.4, -0.2) is 63.1 Å². The Hall–Kier alpha value is -2.49. The largest absolute Gasteiger partial charge is 0.497 e. The third-order valence-electron chi connectivity index (χ3n) is 5.93. The van der Waals surface area contributed by atoms with E-state index in [1.54, 1.807) is 18.3 Å². The van der Waals surface area contributed by atoms with Gasteiger partial charge < -0.3 is 34.5 Å². The van der Waals surface area contributed by atoms with Gasteiger partial charge in [-0.2, -0.15) is 0 Å². The Morgan fingerprint density at radius 2 is 1.87 bits per heavy atom. The molecule has 0 unspecified atom stereocenters. The van der Waals surface area contributed by atoms with Crippen molar-refractivity contribution in [1.29, 1.82) is 0 Å². The molecule has 2 aromatic carbocycles. The van der Waals surface area contributed by atoms with Gasteiger partial charge in [0.2, 0.25) is 0 Å². The molecule has 1 aromatic heterocycles. The molecular weight excluding hydrogens is 405 g/mol. The summed E-state index contributed by atoms with van der Waals surface area (Å²) in [5.74, 6) is 0.0287. The van der Waals surface area contributed by atoms with E-state index >= 15 is 0 Å². The Balaban J connectivity index is 1.79.